The fraction of sp³-hybridized carbons (Fsp3) is 0.417. The molecule has 1 aromatic rings. The topological polar surface area (TPSA) is 89.7 Å². The molecule has 1 fully saturated rings. The molecule has 1 aliphatic heterocycles. The summed E-state index contributed by atoms with van der Waals surface area (Å²) in [6, 6.07) is 4.75. The first-order valence-electron chi connectivity index (χ1n) is 6.21. The summed E-state index contributed by atoms with van der Waals surface area (Å²) in [5.74, 6) is -0.763. The normalized spacial score (nSPS) is 20.0. The number of anilines is 1. The maximum Gasteiger partial charge on any atom is 0.501 e. The molecule has 1 aromatic carbocycles. The average Bonchev–Trinajstić information content (AvgIpc) is 2.46. The van der Waals surface area contributed by atoms with Gasteiger partial charge in [-0.2, -0.15) is 13.2 Å². The fourth-order valence-corrected chi connectivity index (χ4v) is 3.09. The molecule has 1 amide bonds. The summed E-state index contributed by atoms with van der Waals surface area (Å²) in [4.78, 5) is 11.6. The highest BCUT2D eigenvalue weighted by Crippen LogP contribution is 2.36. The van der Waals surface area contributed by atoms with Gasteiger partial charge in [-0.1, -0.05) is 12.1 Å². The molecule has 1 heterocycles. The molecular weight excluding hydrogens is 325 g/mol. The molecule has 1 saturated heterocycles. The molecular formula is C12H13F3N2O4S. The van der Waals surface area contributed by atoms with Crippen LogP contribution in [0.15, 0.2) is 29.2 Å². The second-order valence-electron chi connectivity index (χ2n) is 4.62. The van der Waals surface area contributed by atoms with Crippen molar-refractivity contribution in [2.24, 2.45) is 5.73 Å². The highest BCUT2D eigenvalue weighted by Gasteiger charge is 2.48. The van der Waals surface area contributed by atoms with Crippen LogP contribution >= 0.6 is 0 Å². The number of hydrogen-bond donors (Lipinski definition) is 1. The molecule has 10 heteroatoms. The molecule has 6 nitrogen and oxygen atoms in total. The van der Waals surface area contributed by atoms with Gasteiger partial charge in [0, 0.05) is 6.54 Å². The molecule has 1 aliphatic rings. The van der Waals surface area contributed by atoms with Crippen molar-refractivity contribution in [3.8, 4) is 0 Å². The number of primary amides is 1. The summed E-state index contributed by atoms with van der Waals surface area (Å²) < 4.78 is 66.7. The molecule has 1 unspecified atom stereocenters. The van der Waals surface area contributed by atoms with Crippen molar-refractivity contribution in [1.29, 1.82) is 0 Å². The van der Waals surface area contributed by atoms with Gasteiger partial charge in [-0.15, -0.1) is 0 Å². The summed E-state index contributed by atoms with van der Waals surface area (Å²) in [5, 5.41) is 0. The van der Waals surface area contributed by atoms with E-state index >= 15 is 0 Å². The molecule has 0 radical (unpaired) electrons. The van der Waals surface area contributed by atoms with E-state index in [1.54, 1.807) is 0 Å². The van der Waals surface area contributed by atoms with Crippen molar-refractivity contribution in [1.82, 2.24) is 0 Å². The molecule has 0 bridgehead atoms. The van der Waals surface area contributed by atoms with E-state index in [2.05, 4.69) is 0 Å². The summed E-state index contributed by atoms with van der Waals surface area (Å²) in [6.45, 7) is 0.0852. The number of para-hydroxylation sites is 1. The Morgan fingerprint density at radius 1 is 1.32 bits per heavy atom. The number of morpholine rings is 1. The van der Waals surface area contributed by atoms with Crippen LogP contribution in [0, 0.1) is 0 Å². The number of sulfone groups is 1. The third-order valence-electron chi connectivity index (χ3n) is 3.18. The van der Waals surface area contributed by atoms with Gasteiger partial charge in [-0.3, -0.25) is 4.79 Å². The Bertz CT molecular complexity index is 675. The van der Waals surface area contributed by atoms with Gasteiger partial charge in [0.25, 0.3) is 9.84 Å². The Balaban J connectivity index is 2.43. The minimum atomic E-state index is -5.49. The quantitative estimate of drug-likeness (QED) is 0.875. The largest absolute Gasteiger partial charge is 0.501 e. The van der Waals surface area contributed by atoms with Gasteiger partial charge in [-0.25, -0.2) is 8.42 Å². The SMILES string of the molecule is NC(=O)C1CN(c2ccccc2S(=O)(=O)C(F)(F)F)CCO1. The molecule has 2 rings (SSSR count). The predicted octanol–water partition coefficient (Wildman–Crippen LogP) is 0.671. The third-order valence-corrected chi connectivity index (χ3v) is 4.72. The van der Waals surface area contributed by atoms with Gasteiger partial charge >= 0.3 is 5.51 Å². The van der Waals surface area contributed by atoms with E-state index in [-0.39, 0.29) is 25.4 Å². The van der Waals surface area contributed by atoms with E-state index in [0.29, 0.717) is 0 Å². The molecule has 0 aliphatic carbocycles. The van der Waals surface area contributed by atoms with Gasteiger partial charge in [-0.05, 0) is 12.1 Å². The second kappa shape index (κ2) is 5.76. The number of alkyl halides is 3. The number of hydrogen-bond acceptors (Lipinski definition) is 5. The lowest BCUT2D eigenvalue weighted by Crippen LogP contribution is -2.48. The van der Waals surface area contributed by atoms with Crippen molar-refractivity contribution in [2.75, 3.05) is 24.6 Å². The lowest BCUT2D eigenvalue weighted by molar-refractivity contribution is -0.130. The zero-order valence-electron chi connectivity index (χ0n) is 11.2. The first-order valence-corrected chi connectivity index (χ1v) is 7.69. The highest BCUT2D eigenvalue weighted by molar-refractivity contribution is 7.92. The van der Waals surface area contributed by atoms with E-state index < -0.39 is 32.3 Å². The predicted molar refractivity (Wildman–Crippen MR) is 70.8 cm³/mol. The standard InChI is InChI=1S/C12H13F3N2O4S/c13-12(14,15)22(19,20)10-4-2-1-3-8(10)17-5-6-21-9(7-17)11(16)18/h1-4,9H,5-7H2,(H2,16,18). The number of ether oxygens (including phenoxy) is 1. The fourth-order valence-electron chi connectivity index (χ4n) is 2.11. The number of carbonyl (C=O) groups excluding carboxylic acids is 1. The van der Waals surface area contributed by atoms with Gasteiger partial charge in [0.05, 0.1) is 23.7 Å². The lowest BCUT2D eigenvalue weighted by Gasteiger charge is -2.34. The van der Waals surface area contributed by atoms with Crippen molar-refractivity contribution < 1.29 is 31.1 Å². The lowest BCUT2D eigenvalue weighted by atomic mass is 10.2. The van der Waals surface area contributed by atoms with Gasteiger partial charge in [0.1, 0.15) is 0 Å². The molecule has 122 valence electrons. The minimum Gasteiger partial charge on any atom is -0.367 e. The monoisotopic (exact) mass is 338 g/mol. The van der Waals surface area contributed by atoms with Crippen molar-refractivity contribution in [3.05, 3.63) is 24.3 Å². The summed E-state index contributed by atoms with van der Waals surface area (Å²) in [7, 11) is -5.49. The maximum absolute atomic E-state index is 12.8. The van der Waals surface area contributed by atoms with Crippen LogP contribution in [-0.2, 0) is 19.4 Å². The number of nitrogens with two attached hydrogens (primary N) is 1. The van der Waals surface area contributed by atoms with Crippen LogP contribution in [0.1, 0.15) is 0 Å². The van der Waals surface area contributed by atoms with Crippen LogP contribution in [0.4, 0.5) is 18.9 Å². The molecule has 0 aromatic heterocycles. The highest BCUT2D eigenvalue weighted by atomic mass is 32.2. The Labute approximate surface area is 124 Å². The van der Waals surface area contributed by atoms with Crippen LogP contribution in [0.5, 0.6) is 0 Å². The van der Waals surface area contributed by atoms with Crippen molar-refractivity contribution in [3.63, 3.8) is 0 Å². The van der Waals surface area contributed by atoms with E-state index in [9.17, 15) is 26.4 Å². The molecule has 0 spiro atoms. The Kier molecular flexibility index (Phi) is 4.34. The zero-order chi connectivity index (χ0) is 16.5. The molecule has 0 saturated carbocycles. The average molecular weight is 338 g/mol. The van der Waals surface area contributed by atoms with Crippen LogP contribution in [-0.4, -0.2) is 45.6 Å². The summed E-state index contributed by atoms with van der Waals surface area (Å²) >= 11 is 0. The number of nitrogens with zero attached hydrogens (tertiary/aromatic N) is 1. The third kappa shape index (κ3) is 3.02. The van der Waals surface area contributed by atoms with E-state index in [4.69, 9.17) is 10.5 Å². The molecule has 2 N–H and O–H groups in total. The second-order valence-corrected chi connectivity index (χ2v) is 6.53. The first kappa shape index (κ1) is 16.6. The zero-order valence-corrected chi connectivity index (χ0v) is 12.0. The molecule has 22 heavy (non-hydrogen) atoms. The Morgan fingerprint density at radius 2 is 1.95 bits per heavy atom. The number of halogens is 3. The number of benzene rings is 1. The number of rotatable bonds is 3. The van der Waals surface area contributed by atoms with Crippen molar-refractivity contribution in [2.45, 2.75) is 16.5 Å². The van der Waals surface area contributed by atoms with Crippen LogP contribution in [0.2, 0.25) is 0 Å². The van der Waals surface area contributed by atoms with E-state index in [1.807, 2.05) is 0 Å². The van der Waals surface area contributed by atoms with Crippen LogP contribution < -0.4 is 10.6 Å². The smallest absolute Gasteiger partial charge is 0.367 e. The maximum atomic E-state index is 12.8. The van der Waals surface area contributed by atoms with Crippen LogP contribution in [0.25, 0.3) is 0 Å². The Morgan fingerprint density at radius 3 is 2.55 bits per heavy atom. The number of carbonyl (C=O) groups is 1. The number of amides is 1. The Hall–Kier alpha value is -1.81. The van der Waals surface area contributed by atoms with E-state index in [1.165, 1.54) is 23.1 Å². The van der Waals surface area contributed by atoms with Crippen molar-refractivity contribution >= 4 is 21.4 Å². The van der Waals surface area contributed by atoms with E-state index in [0.717, 1.165) is 6.07 Å². The summed E-state index contributed by atoms with van der Waals surface area (Å²) in [5.41, 5.74) is -0.423. The molecule has 1 atom stereocenters. The van der Waals surface area contributed by atoms with Gasteiger partial charge in [0.15, 0.2) is 6.10 Å². The first-order chi connectivity index (χ1) is 10.1. The van der Waals surface area contributed by atoms with Gasteiger partial charge < -0.3 is 15.4 Å². The van der Waals surface area contributed by atoms with Crippen LogP contribution in [0.3, 0.4) is 0 Å². The minimum absolute atomic E-state index is 0.0496. The van der Waals surface area contributed by atoms with Gasteiger partial charge in [0.2, 0.25) is 5.91 Å². The summed E-state index contributed by atoms with van der Waals surface area (Å²) in [6.07, 6.45) is -1.00.